The van der Waals surface area contributed by atoms with E-state index in [9.17, 15) is 0 Å². The number of thiazole rings is 1. The van der Waals surface area contributed by atoms with Crippen molar-refractivity contribution in [2.45, 2.75) is 57.9 Å². The molecule has 108 valence electrons. The quantitative estimate of drug-likeness (QED) is 0.771. The Labute approximate surface area is 121 Å². The lowest BCUT2D eigenvalue weighted by Gasteiger charge is -2.31. The highest BCUT2D eigenvalue weighted by Gasteiger charge is 2.17. The van der Waals surface area contributed by atoms with Crippen LogP contribution in [0.5, 0.6) is 0 Å². The molecule has 0 aliphatic heterocycles. The number of hydrogen-bond acceptors (Lipinski definition) is 4. The van der Waals surface area contributed by atoms with Crippen LogP contribution in [0.2, 0.25) is 0 Å². The van der Waals surface area contributed by atoms with Gasteiger partial charge in [0.05, 0.1) is 5.69 Å². The van der Waals surface area contributed by atoms with Gasteiger partial charge in [-0.1, -0.05) is 26.2 Å². The van der Waals surface area contributed by atoms with Crippen LogP contribution in [0.15, 0.2) is 5.38 Å². The molecule has 1 saturated carbocycles. The molecule has 0 unspecified atom stereocenters. The summed E-state index contributed by atoms with van der Waals surface area (Å²) in [5, 5.41) is 6.67. The van der Waals surface area contributed by atoms with Crippen LogP contribution in [0.25, 0.3) is 0 Å². The highest BCUT2D eigenvalue weighted by Crippen LogP contribution is 2.21. The van der Waals surface area contributed by atoms with Gasteiger partial charge >= 0.3 is 0 Å². The van der Waals surface area contributed by atoms with Crippen LogP contribution >= 0.6 is 11.3 Å². The van der Waals surface area contributed by atoms with Crippen molar-refractivity contribution in [2.24, 2.45) is 0 Å². The Morgan fingerprint density at radius 2 is 2.16 bits per heavy atom. The van der Waals surface area contributed by atoms with E-state index < -0.39 is 0 Å². The van der Waals surface area contributed by atoms with Crippen LogP contribution in [0.1, 0.15) is 51.1 Å². The van der Waals surface area contributed by atoms with Gasteiger partial charge in [-0.05, 0) is 39.3 Å². The SMILES string of the molecule is CCc1csc(NCCCN(C)C2CCCCC2)n1. The monoisotopic (exact) mass is 281 g/mol. The van der Waals surface area contributed by atoms with Gasteiger partial charge in [-0.2, -0.15) is 0 Å². The molecule has 4 heteroatoms. The summed E-state index contributed by atoms with van der Waals surface area (Å²) in [5.74, 6) is 0. The zero-order chi connectivity index (χ0) is 13.5. The van der Waals surface area contributed by atoms with E-state index in [1.54, 1.807) is 11.3 Å². The maximum atomic E-state index is 4.53. The molecule has 1 N–H and O–H groups in total. The summed E-state index contributed by atoms with van der Waals surface area (Å²) in [6.45, 7) is 4.38. The molecule has 0 radical (unpaired) electrons. The van der Waals surface area contributed by atoms with Gasteiger partial charge in [0.25, 0.3) is 0 Å². The average molecular weight is 281 g/mol. The van der Waals surface area contributed by atoms with Crippen molar-refractivity contribution in [3.8, 4) is 0 Å². The van der Waals surface area contributed by atoms with Crippen molar-refractivity contribution in [3.63, 3.8) is 0 Å². The normalized spacial score (nSPS) is 17.0. The molecule has 19 heavy (non-hydrogen) atoms. The molecule has 1 fully saturated rings. The lowest BCUT2D eigenvalue weighted by Crippen LogP contribution is -2.34. The zero-order valence-corrected chi connectivity index (χ0v) is 13.1. The van der Waals surface area contributed by atoms with Gasteiger partial charge in [-0.3, -0.25) is 0 Å². The average Bonchev–Trinajstić information content (AvgIpc) is 2.92. The van der Waals surface area contributed by atoms with E-state index in [2.05, 4.69) is 34.6 Å². The summed E-state index contributed by atoms with van der Waals surface area (Å²) >= 11 is 1.73. The lowest BCUT2D eigenvalue weighted by atomic mass is 9.94. The Morgan fingerprint density at radius 1 is 1.37 bits per heavy atom. The molecule has 0 bridgehead atoms. The van der Waals surface area contributed by atoms with Crippen LogP contribution in [0.4, 0.5) is 5.13 Å². The van der Waals surface area contributed by atoms with E-state index in [0.29, 0.717) is 0 Å². The number of aromatic nitrogens is 1. The third kappa shape index (κ3) is 4.77. The molecule has 0 amide bonds. The highest BCUT2D eigenvalue weighted by molar-refractivity contribution is 7.13. The first-order valence-corrected chi connectivity index (χ1v) is 8.56. The molecule has 1 aromatic rings. The van der Waals surface area contributed by atoms with Gasteiger partial charge in [-0.15, -0.1) is 11.3 Å². The molecule has 3 nitrogen and oxygen atoms in total. The second kappa shape index (κ2) is 7.85. The maximum absolute atomic E-state index is 4.53. The number of nitrogens with zero attached hydrogens (tertiary/aromatic N) is 2. The Balaban J connectivity index is 1.60. The van der Waals surface area contributed by atoms with Crippen molar-refractivity contribution in [1.82, 2.24) is 9.88 Å². The standard InChI is InChI=1S/C15H27N3S/c1-3-13-12-19-15(17-13)16-10-7-11-18(2)14-8-5-4-6-9-14/h12,14H,3-11H2,1-2H3,(H,16,17). The van der Waals surface area contributed by atoms with E-state index in [1.807, 2.05) is 0 Å². The lowest BCUT2D eigenvalue weighted by molar-refractivity contribution is 0.191. The van der Waals surface area contributed by atoms with Crippen LogP contribution in [-0.2, 0) is 6.42 Å². The van der Waals surface area contributed by atoms with E-state index in [-0.39, 0.29) is 0 Å². The molecule has 1 heterocycles. The summed E-state index contributed by atoms with van der Waals surface area (Å²) in [5.41, 5.74) is 1.20. The minimum Gasteiger partial charge on any atom is -0.361 e. The number of nitrogens with one attached hydrogen (secondary N) is 1. The molecule has 0 saturated heterocycles. The van der Waals surface area contributed by atoms with E-state index in [1.165, 1.54) is 50.8 Å². The van der Waals surface area contributed by atoms with E-state index in [4.69, 9.17) is 0 Å². The minimum absolute atomic E-state index is 0.834. The van der Waals surface area contributed by atoms with Crippen LogP contribution in [0, 0.1) is 0 Å². The summed E-state index contributed by atoms with van der Waals surface area (Å²) < 4.78 is 0. The largest absolute Gasteiger partial charge is 0.361 e. The van der Waals surface area contributed by atoms with Crippen LogP contribution < -0.4 is 5.32 Å². The first kappa shape index (κ1) is 14.8. The molecule has 0 atom stereocenters. The van der Waals surface area contributed by atoms with E-state index in [0.717, 1.165) is 24.1 Å². The van der Waals surface area contributed by atoms with E-state index >= 15 is 0 Å². The number of hydrogen-bond donors (Lipinski definition) is 1. The van der Waals surface area contributed by atoms with Crippen LogP contribution in [-0.4, -0.2) is 36.1 Å². The Morgan fingerprint density at radius 3 is 2.84 bits per heavy atom. The summed E-state index contributed by atoms with van der Waals surface area (Å²) in [4.78, 5) is 7.08. The van der Waals surface area contributed by atoms with Gasteiger partial charge < -0.3 is 10.2 Å². The molecule has 0 aromatic carbocycles. The second-order valence-electron chi connectivity index (χ2n) is 5.55. The molecule has 1 aliphatic rings. The van der Waals surface area contributed by atoms with Gasteiger partial charge in [0.1, 0.15) is 0 Å². The van der Waals surface area contributed by atoms with Gasteiger partial charge in [-0.25, -0.2) is 4.98 Å². The van der Waals surface area contributed by atoms with Crippen molar-refractivity contribution < 1.29 is 0 Å². The second-order valence-corrected chi connectivity index (χ2v) is 6.41. The summed E-state index contributed by atoms with van der Waals surface area (Å²) in [6.07, 6.45) is 9.32. The molecular weight excluding hydrogens is 254 g/mol. The number of aryl methyl sites for hydroxylation is 1. The minimum atomic E-state index is 0.834. The molecule has 2 rings (SSSR count). The third-order valence-electron chi connectivity index (χ3n) is 4.08. The van der Waals surface area contributed by atoms with Crippen molar-refractivity contribution >= 4 is 16.5 Å². The molecular formula is C15H27N3S. The predicted octanol–water partition coefficient (Wildman–Crippen LogP) is 3.77. The molecule has 0 spiro atoms. The topological polar surface area (TPSA) is 28.2 Å². The number of anilines is 1. The highest BCUT2D eigenvalue weighted by atomic mass is 32.1. The smallest absolute Gasteiger partial charge is 0.182 e. The van der Waals surface area contributed by atoms with Gasteiger partial charge in [0.15, 0.2) is 5.13 Å². The molecule has 1 aliphatic carbocycles. The molecule has 1 aromatic heterocycles. The van der Waals surface area contributed by atoms with Crippen molar-refractivity contribution in [1.29, 1.82) is 0 Å². The predicted molar refractivity (Wildman–Crippen MR) is 84.1 cm³/mol. The number of rotatable bonds is 7. The Bertz CT molecular complexity index is 358. The van der Waals surface area contributed by atoms with Crippen LogP contribution in [0.3, 0.4) is 0 Å². The van der Waals surface area contributed by atoms with Crippen molar-refractivity contribution in [3.05, 3.63) is 11.1 Å². The summed E-state index contributed by atoms with van der Waals surface area (Å²) in [6, 6.07) is 0.834. The van der Waals surface area contributed by atoms with Gasteiger partial charge in [0, 0.05) is 18.0 Å². The fourth-order valence-corrected chi connectivity index (χ4v) is 3.60. The fraction of sp³-hybridized carbons (Fsp3) is 0.800. The van der Waals surface area contributed by atoms with Crippen molar-refractivity contribution in [2.75, 3.05) is 25.5 Å². The maximum Gasteiger partial charge on any atom is 0.182 e. The van der Waals surface area contributed by atoms with Gasteiger partial charge in [0.2, 0.25) is 0 Å². The first-order valence-electron chi connectivity index (χ1n) is 7.68. The third-order valence-corrected chi connectivity index (χ3v) is 4.92. The summed E-state index contributed by atoms with van der Waals surface area (Å²) in [7, 11) is 2.29. The Hall–Kier alpha value is -0.610. The first-order chi connectivity index (χ1) is 9.29. The zero-order valence-electron chi connectivity index (χ0n) is 12.3. The Kier molecular flexibility index (Phi) is 6.11. The fourth-order valence-electron chi connectivity index (χ4n) is 2.78.